The molecule has 0 bridgehead atoms. The second-order valence-corrected chi connectivity index (χ2v) is 8.61. The van der Waals surface area contributed by atoms with E-state index in [4.69, 9.17) is 16.1 Å². The summed E-state index contributed by atoms with van der Waals surface area (Å²) in [5.74, 6) is 0.944. The van der Waals surface area contributed by atoms with Gasteiger partial charge in [0.15, 0.2) is 0 Å². The number of carbonyl (C=O) groups is 1. The fourth-order valence-corrected chi connectivity index (χ4v) is 3.59. The van der Waals surface area contributed by atoms with Crippen molar-refractivity contribution in [3.05, 3.63) is 65.0 Å². The highest BCUT2D eigenvalue weighted by Crippen LogP contribution is 2.33. The Morgan fingerprint density at radius 2 is 1.89 bits per heavy atom. The van der Waals surface area contributed by atoms with Gasteiger partial charge in [-0.25, -0.2) is 0 Å². The second kappa shape index (κ2) is 7.06. The van der Waals surface area contributed by atoms with Crippen LogP contribution in [0.4, 0.5) is 5.69 Å². The lowest BCUT2D eigenvalue weighted by atomic mass is 9.87. The van der Waals surface area contributed by atoms with Crippen molar-refractivity contribution in [2.45, 2.75) is 38.5 Å². The largest absolute Gasteiger partial charge is 0.339 e. The molecule has 2 aromatic carbocycles. The molecule has 1 aromatic heterocycles. The molecule has 6 heteroatoms. The van der Waals surface area contributed by atoms with Crippen LogP contribution >= 0.6 is 11.6 Å². The Hall–Kier alpha value is -2.66. The van der Waals surface area contributed by atoms with Gasteiger partial charge in [-0.15, -0.1) is 0 Å². The first kappa shape index (κ1) is 18.7. The first-order valence-electron chi connectivity index (χ1n) is 9.32. The first-order valence-corrected chi connectivity index (χ1v) is 9.69. The second-order valence-electron chi connectivity index (χ2n) is 8.17. The first-order chi connectivity index (χ1) is 13.3. The summed E-state index contributed by atoms with van der Waals surface area (Å²) in [7, 11) is 0. The van der Waals surface area contributed by atoms with Crippen molar-refractivity contribution in [2.75, 3.05) is 11.4 Å². The normalized spacial score (nSPS) is 17.4. The van der Waals surface area contributed by atoms with Crippen molar-refractivity contribution in [1.82, 2.24) is 10.1 Å². The van der Waals surface area contributed by atoms with E-state index in [-0.39, 0.29) is 17.2 Å². The van der Waals surface area contributed by atoms with Crippen LogP contribution in [-0.2, 0) is 10.2 Å². The Kier molecular flexibility index (Phi) is 4.71. The number of amides is 1. The molecular formula is C22H22ClN3O2. The van der Waals surface area contributed by atoms with Crippen LogP contribution < -0.4 is 4.90 Å². The highest BCUT2D eigenvalue weighted by Gasteiger charge is 2.35. The Morgan fingerprint density at radius 3 is 2.57 bits per heavy atom. The van der Waals surface area contributed by atoms with Crippen molar-refractivity contribution in [1.29, 1.82) is 0 Å². The van der Waals surface area contributed by atoms with Crippen molar-refractivity contribution in [2.24, 2.45) is 0 Å². The summed E-state index contributed by atoms with van der Waals surface area (Å²) >= 11 is 6.06. The number of rotatable bonds is 3. The number of carbonyl (C=O) groups excluding carboxylic acids is 1. The number of nitrogens with zero attached hydrogens (tertiary/aromatic N) is 3. The molecule has 1 saturated heterocycles. The molecule has 0 spiro atoms. The molecule has 0 saturated carbocycles. The van der Waals surface area contributed by atoms with Gasteiger partial charge in [0.25, 0.3) is 0 Å². The molecule has 5 nitrogen and oxygen atoms in total. The van der Waals surface area contributed by atoms with E-state index in [2.05, 4.69) is 43.0 Å². The highest BCUT2D eigenvalue weighted by atomic mass is 35.5. The molecule has 1 fully saturated rings. The summed E-state index contributed by atoms with van der Waals surface area (Å²) in [5, 5.41) is 4.73. The summed E-state index contributed by atoms with van der Waals surface area (Å²) < 4.78 is 5.49. The molecule has 1 aliphatic rings. The van der Waals surface area contributed by atoms with E-state index in [0.29, 0.717) is 29.7 Å². The van der Waals surface area contributed by atoms with E-state index in [1.165, 1.54) is 5.56 Å². The van der Waals surface area contributed by atoms with Gasteiger partial charge < -0.3 is 9.42 Å². The third-order valence-corrected chi connectivity index (χ3v) is 5.28. The molecule has 1 aliphatic heterocycles. The number of benzene rings is 2. The SMILES string of the molecule is CC(C)(C)c1ccc(-c2noc(C3CC(=O)N(c4cccc(Cl)c4)C3)n2)cc1. The Bertz CT molecular complexity index is 1010. The lowest BCUT2D eigenvalue weighted by molar-refractivity contribution is -0.117. The average Bonchev–Trinajstić information content (AvgIpc) is 3.28. The molecule has 4 rings (SSSR count). The van der Waals surface area contributed by atoms with Crippen molar-refractivity contribution in [3.8, 4) is 11.4 Å². The van der Waals surface area contributed by atoms with Gasteiger partial charge in [-0.05, 0) is 29.2 Å². The maximum Gasteiger partial charge on any atom is 0.232 e. The number of anilines is 1. The number of halogens is 1. The minimum atomic E-state index is -0.124. The lowest BCUT2D eigenvalue weighted by Gasteiger charge is -2.18. The third-order valence-electron chi connectivity index (χ3n) is 5.05. The Labute approximate surface area is 169 Å². The summed E-state index contributed by atoms with van der Waals surface area (Å²) in [6.45, 7) is 7.04. The van der Waals surface area contributed by atoms with E-state index >= 15 is 0 Å². The van der Waals surface area contributed by atoms with E-state index in [9.17, 15) is 4.79 Å². The Balaban J connectivity index is 1.53. The lowest BCUT2D eigenvalue weighted by Crippen LogP contribution is -2.24. The number of hydrogen-bond acceptors (Lipinski definition) is 4. The summed E-state index contributed by atoms with van der Waals surface area (Å²) in [5.41, 5.74) is 3.03. The van der Waals surface area contributed by atoms with Crippen molar-refractivity contribution in [3.63, 3.8) is 0 Å². The van der Waals surface area contributed by atoms with Gasteiger partial charge in [0.1, 0.15) is 0 Å². The molecule has 0 N–H and O–H groups in total. The van der Waals surface area contributed by atoms with Gasteiger partial charge >= 0.3 is 0 Å². The molecule has 1 unspecified atom stereocenters. The third kappa shape index (κ3) is 3.67. The molecule has 2 heterocycles. The van der Waals surface area contributed by atoms with Crippen molar-refractivity contribution < 1.29 is 9.32 Å². The summed E-state index contributed by atoms with van der Waals surface area (Å²) in [6, 6.07) is 15.5. The zero-order valence-electron chi connectivity index (χ0n) is 16.1. The van der Waals surface area contributed by atoms with Crippen LogP contribution in [0.25, 0.3) is 11.4 Å². The predicted octanol–water partition coefficient (Wildman–Crippen LogP) is 5.21. The van der Waals surface area contributed by atoms with Crippen LogP contribution in [0, 0.1) is 0 Å². The van der Waals surface area contributed by atoms with Crippen LogP contribution in [0.2, 0.25) is 5.02 Å². The van der Waals surface area contributed by atoms with Gasteiger partial charge in [-0.3, -0.25) is 4.79 Å². The van der Waals surface area contributed by atoms with Crippen LogP contribution in [0.15, 0.2) is 53.1 Å². The zero-order valence-corrected chi connectivity index (χ0v) is 16.9. The van der Waals surface area contributed by atoms with Crippen LogP contribution in [0.1, 0.15) is 44.6 Å². The molecular weight excluding hydrogens is 374 g/mol. The number of aromatic nitrogens is 2. The quantitative estimate of drug-likeness (QED) is 0.610. The van der Waals surface area contributed by atoms with Gasteiger partial charge in [0.05, 0.1) is 5.92 Å². The topological polar surface area (TPSA) is 59.2 Å². The minimum Gasteiger partial charge on any atom is -0.339 e. The van der Waals surface area contributed by atoms with E-state index in [0.717, 1.165) is 11.3 Å². The van der Waals surface area contributed by atoms with E-state index < -0.39 is 0 Å². The zero-order chi connectivity index (χ0) is 19.9. The maximum atomic E-state index is 12.5. The molecule has 1 atom stereocenters. The maximum absolute atomic E-state index is 12.5. The van der Waals surface area contributed by atoms with Gasteiger partial charge in [0, 0.05) is 29.2 Å². The highest BCUT2D eigenvalue weighted by molar-refractivity contribution is 6.30. The summed E-state index contributed by atoms with van der Waals surface area (Å²) in [4.78, 5) is 18.7. The fourth-order valence-electron chi connectivity index (χ4n) is 3.40. The van der Waals surface area contributed by atoms with Gasteiger partial charge in [0.2, 0.25) is 17.6 Å². The van der Waals surface area contributed by atoms with Crippen LogP contribution in [0.3, 0.4) is 0 Å². The Morgan fingerprint density at radius 1 is 1.14 bits per heavy atom. The molecule has 3 aromatic rings. The summed E-state index contributed by atoms with van der Waals surface area (Å²) in [6.07, 6.45) is 0.344. The molecule has 0 aliphatic carbocycles. The molecule has 144 valence electrons. The van der Waals surface area contributed by atoms with Crippen molar-refractivity contribution >= 4 is 23.2 Å². The van der Waals surface area contributed by atoms with Crippen LogP contribution in [0.5, 0.6) is 0 Å². The molecule has 1 amide bonds. The van der Waals surface area contributed by atoms with Gasteiger partial charge in [-0.1, -0.05) is 67.9 Å². The predicted molar refractivity (Wildman–Crippen MR) is 110 cm³/mol. The minimum absolute atomic E-state index is 0.0292. The molecule has 28 heavy (non-hydrogen) atoms. The van der Waals surface area contributed by atoms with Crippen LogP contribution in [-0.4, -0.2) is 22.6 Å². The molecule has 0 radical (unpaired) electrons. The smallest absolute Gasteiger partial charge is 0.232 e. The monoisotopic (exact) mass is 395 g/mol. The van der Waals surface area contributed by atoms with Gasteiger partial charge in [-0.2, -0.15) is 4.98 Å². The van der Waals surface area contributed by atoms with E-state index in [1.807, 2.05) is 24.3 Å². The number of hydrogen-bond donors (Lipinski definition) is 0. The average molecular weight is 396 g/mol. The van der Waals surface area contributed by atoms with E-state index in [1.54, 1.807) is 17.0 Å². The standard InChI is InChI=1S/C22H22ClN3O2/c1-22(2,3)16-9-7-14(8-10-16)20-24-21(28-25-20)15-11-19(27)26(13-15)18-6-4-5-17(23)12-18/h4-10,12,15H,11,13H2,1-3H3. The fraction of sp³-hybridized carbons (Fsp3) is 0.318.